The normalized spacial score (nSPS) is 10.8. The second kappa shape index (κ2) is 12.6. The van der Waals surface area contributed by atoms with Crippen LogP contribution in [-0.2, 0) is 16.1 Å². The SMILES string of the molecule is CCOc1cccc(CNc2ccccc2C(=O)Nc2ccc(C(=N)N)nc2)c1OCC(=O)OC(C)(C)C. The molecule has 0 aliphatic rings. The zero-order chi connectivity index (χ0) is 27.7. The summed E-state index contributed by atoms with van der Waals surface area (Å²) >= 11 is 0. The molecule has 3 aromatic rings. The highest BCUT2D eigenvalue weighted by Crippen LogP contribution is 2.32. The number of esters is 1. The van der Waals surface area contributed by atoms with E-state index in [0.29, 0.717) is 47.3 Å². The number of pyridine rings is 1. The number of nitrogens with two attached hydrogens (primary N) is 1. The summed E-state index contributed by atoms with van der Waals surface area (Å²) in [4.78, 5) is 29.3. The number of hydrogen-bond donors (Lipinski definition) is 4. The molecule has 0 radical (unpaired) electrons. The Bertz CT molecular complexity index is 1290. The molecule has 0 unspecified atom stereocenters. The molecule has 1 amide bonds. The number of carbonyl (C=O) groups excluding carboxylic acids is 2. The van der Waals surface area contributed by atoms with Gasteiger partial charge in [0, 0.05) is 17.8 Å². The fourth-order valence-electron chi connectivity index (χ4n) is 3.49. The van der Waals surface area contributed by atoms with E-state index in [1.807, 2.05) is 25.1 Å². The van der Waals surface area contributed by atoms with E-state index in [2.05, 4.69) is 15.6 Å². The smallest absolute Gasteiger partial charge is 0.344 e. The van der Waals surface area contributed by atoms with Crippen LogP contribution in [0.3, 0.4) is 0 Å². The summed E-state index contributed by atoms with van der Waals surface area (Å²) in [5, 5.41) is 13.5. The molecule has 3 rings (SSSR count). The largest absolute Gasteiger partial charge is 0.490 e. The molecule has 0 spiro atoms. The van der Waals surface area contributed by atoms with E-state index in [9.17, 15) is 9.59 Å². The van der Waals surface area contributed by atoms with Crippen LogP contribution in [0, 0.1) is 5.41 Å². The van der Waals surface area contributed by atoms with Crippen molar-refractivity contribution in [2.75, 3.05) is 23.8 Å². The van der Waals surface area contributed by atoms with E-state index in [1.54, 1.807) is 57.2 Å². The number of para-hydroxylation sites is 2. The summed E-state index contributed by atoms with van der Waals surface area (Å²) in [7, 11) is 0. The maximum absolute atomic E-state index is 13.0. The van der Waals surface area contributed by atoms with Gasteiger partial charge in [0.1, 0.15) is 17.1 Å². The minimum absolute atomic E-state index is 0.153. The lowest BCUT2D eigenvalue weighted by atomic mass is 10.1. The Hall–Kier alpha value is -4.60. The van der Waals surface area contributed by atoms with Crippen molar-refractivity contribution >= 4 is 29.1 Å². The molecule has 0 aliphatic carbocycles. The lowest BCUT2D eigenvalue weighted by Crippen LogP contribution is -2.27. The number of anilines is 2. The fraction of sp³-hybridized carbons (Fsp3) is 0.286. The van der Waals surface area contributed by atoms with Crippen LogP contribution in [0.4, 0.5) is 11.4 Å². The third kappa shape index (κ3) is 7.95. The van der Waals surface area contributed by atoms with Crippen molar-refractivity contribution < 1.29 is 23.8 Å². The number of aromatic nitrogens is 1. The van der Waals surface area contributed by atoms with Crippen LogP contribution in [0.2, 0.25) is 0 Å². The van der Waals surface area contributed by atoms with Crippen molar-refractivity contribution in [3.8, 4) is 11.5 Å². The number of benzene rings is 2. The Morgan fingerprint density at radius 1 is 1.03 bits per heavy atom. The number of hydrogen-bond acceptors (Lipinski definition) is 8. The predicted octanol–water partition coefficient (Wildman–Crippen LogP) is 4.35. The molecule has 10 nitrogen and oxygen atoms in total. The van der Waals surface area contributed by atoms with E-state index in [-0.39, 0.29) is 18.3 Å². The summed E-state index contributed by atoms with van der Waals surface area (Å²) in [5.74, 6) is -0.0556. The number of carbonyl (C=O) groups is 2. The minimum atomic E-state index is -0.625. The highest BCUT2D eigenvalue weighted by atomic mass is 16.6. The van der Waals surface area contributed by atoms with Crippen LogP contribution in [0.15, 0.2) is 60.8 Å². The van der Waals surface area contributed by atoms with Gasteiger partial charge in [-0.2, -0.15) is 0 Å². The maximum Gasteiger partial charge on any atom is 0.344 e. The first-order chi connectivity index (χ1) is 18.1. The van der Waals surface area contributed by atoms with Gasteiger partial charge in [0.15, 0.2) is 18.1 Å². The molecule has 0 aliphatic heterocycles. The second-order valence-electron chi connectivity index (χ2n) is 9.25. The summed E-state index contributed by atoms with van der Waals surface area (Å²) in [6.45, 7) is 7.68. The average molecular weight is 520 g/mol. The van der Waals surface area contributed by atoms with Crippen molar-refractivity contribution in [2.24, 2.45) is 5.73 Å². The summed E-state index contributed by atoms with van der Waals surface area (Å²) in [5.41, 5.74) is 7.35. The molecular formula is C28H33N5O5. The Kier molecular flexibility index (Phi) is 9.26. The average Bonchev–Trinajstić information content (AvgIpc) is 2.86. The molecule has 10 heteroatoms. The first kappa shape index (κ1) is 28.0. The van der Waals surface area contributed by atoms with Crippen LogP contribution in [-0.4, -0.2) is 41.5 Å². The number of amides is 1. The number of nitrogens with zero attached hydrogens (tertiary/aromatic N) is 1. The van der Waals surface area contributed by atoms with Gasteiger partial charge in [-0.3, -0.25) is 15.2 Å². The summed E-state index contributed by atoms with van der Waals surface area (Å²) in [6.07, 6.45) is 1.44. The van der Waals surface area contributed by atoms with Gasteiger partial charge in [-0.15, -0.1) is 0 Å². The zero-order valence-electron chi connectivity index (χ0n) is 22.0. The molecule has 5 N–H and O–H groups in total. The number of nitrogen functional groups attached to an aromatic ring is 1. The first-order valence-electron chi connectivity index (χ1n) is 12.1. The number of amidine groups is 1. The van der Waals surface area contributed by atoms with Gasteiger partial charge in [0.2, 0.25) is 0 Å². The van der Waals surface area contributed by atoms with E-state index in [0.717, 1.165) is 5.56 Å². The minimum Gasteiger partial charge on any atom is -0.490 e. The topological polar surface area (TPSA) is 149 Å². The molecule has 38 heavy (non-hydrogen) atoms. The lowest BCUT2D eigenvalue weighted by molar-refractivity contribution is -0.157. The van der Waals surface area contributed by atoms with Crippen molar-refractivity contribution in [3.05, 3.63) is 77.6 Å². The van der Waals surface area contributed by atoms with Gasteiger partial charge in [-0.1, -0.05) is 24.3 Å². The zero-order valence-corrected chi connectivity index (χ0v) is 22.0. The Morgan fingerprint density at radius 2 is 1.79 bits per heavy atom. The van der Waals surface area contributed by atoms with Crippen LogP contribution >= 0.6 is 0 Å². The van der Waals surface area contributed by atoms with Crippen molar-refractivity contribution in [1.82, 2.24) is 4.98 Å². The lowest BCUT2D eigenvalue weighted by Gasteiger charge is -2.21. The maximum atomic E-state index is 13.0. The van der Waals surface area contributed by atoms with E-state index in [1.165, 1.54) is 6.20 Å². The molecule has 2 aromatic carbocycles. The summed E-state index contributed by atoms with van der Waals surface area (Å²) < 4.78 is 16.9. The van der Waals surface area contributed by atoms with Gasteiger partial charge < -0.3 is 30.6 Å². The Labute approximate surface area is 222 Å². The number of rotatable bonds is 11. The molecule has 0 atom stereocenters. The van der Waals surface area contributed by atoms with Gasteiger partial charge in [0.25, 0.3) is 5.91 Å². The third-order valence-electron chi connectivity index (χ3n) is 5.05. The van der Waals surface area contributed by atoms with Gasteiger partial charge in [-0.25, -0.2) is 4.79 Å². The van der Waals surface area contributed by atoms with E-state index >= 15 is 0 Å². The third-order valence-corrected chi connectivity index (χ3v) is 5.05. The van der Waals surface area contributed by atoms with Gasteiger partial charge in [-0.05, 0) is 58.0 Å². The molecular weight excluding hydrogens is 486 g/mol. The molecule has 0 saturated carbocycles. The fourth-order valence-corrected chi connectivity index (χ4v) is 3.49. The van der Waals surface area contributed by atoms with Crippen molar-refractivity contribution in [2.45, 2.75) is 39.8 Å². The molecule has 200 valence electrons. The number of nitrogens with one attached hydrogen (secondary N) is 3. The van der Waals surface area contributed by atoms with Crippen LogP contribution in [0.1, 0.15) is 49.3 Å². The van der Waals surface area contributed by atoms with E-state index < -0.39 is 11.6 Å². The molecule has 1 aromatic heterocycles. The van der Waals surface area contributed by atoms with Crippen LogP contribution in [0.5, 0.6) is 11.5 Å². The Morgan fingerprint density at radius 3 is 2.45 bits per heavy atom. The second-order valence-corrected chi connectivity index (χ2v) is 9.25. The van der Waals surface area contributed by atoms with Crippen molar-refractivity contribution in [3.63, 3.8) is 0 Å². The van der Waals surface area contributed by atoms with Gasteiger partial charge in [0.05, 0.1) is 24.1 Å². The summed E-state index contributed by atoms with van der Waals surface area (Å²) in [6, 6.07) is 15.7. The van der Waals surface area contributed by atoms with Crippen LogP contribution in [0.25, 0.3) is 0 Å². The first-order valence-corrected chi connectivity index (χ1v) is 12.1. The highest BCUT2D eigenvalue weighted by Gasteiger charge is 2.19. The highest BCUT2D eigenvalue weighted by molar-refractivity contribution is 6.08. The predicted molar refractivity (Wildman–Crippen MR) is 146 cm³/mol. The molecule has 0 saturated heterocycles. The van der Waals surface area contributed by atoms with Crippen LogP contribution < -0.4 is 25.8 Å². The standard InChI is InChI=1S/C28H33N5O5/c1-5-36-23-12-8-9-18(25(23)37-17-24(34)38-28(2,3)4)15-31-21-11-7-6-10-20(21)27(35)33-19-13-14-22(26(29)30)32-16-19/h6-14,16,31H,5,15,17H2,1-4H3,(H3,29,30)(H,33,35). The van der Waals surface area contributed by atoms with Gasteiger partial charge >= 0.3 is 5.97 Å². The quantitative estimate of drug-likeness (QED) is 0.166. The Balaban J connectivity index is 1.76. The molecule has 0 bridgehead atoms. The molecule has 1 heterocycles. The molecule has 0 fully saturated rings. The number of ether oxygens (including phenoxy) is 3. The van der Waals surface area contributed by atoms with E-state index in [4.69, 9.17) is 25.4 Å². The van der Waals surface area contributed by atoms with Crippen molar-refractivity contribution in [1.29, 1.82) is 5.41 Å². The monoisotopic (exact) mass is 519 g/mol.